The molecule has 0 aliphatic heterocycles. The molecule has 5 nitrogen and oxygen atoms in total. The van der Waals surface area contributed by atoms with Crippen molar-refractivity contribution in [1.82, 2.24) is 9.78 Å². The Morgan fingerprint density at radius 1 is 1.41 bits per heavy atom. The molecule has 88 valence electrons. The van der Waals surface area contributed by atoms with E-state index in [0.29, 0.717) is 5.56 Å². The number of hydrogen-bond donors (Lipinski definition) is 0. The zero-order valence-corrected chi connectivity index (χ0v) is 9.35. The van der Waals surface area contributed by atoms with Crippen LogP contribution in [0.15, 0.2) is 24.4 Å². The molecule has 0 N–H and O–H groups in total. The predicted octanol–water partition coefficient (Wildman–Crippen LogP) is 2.54. The summed E-state index contributed by atoms with van der Waals surface area (Å²) in [5.74, 6) is -0.593. The summed E-state index contributed by atoms with van der Waals surface area (Å²) in [5, 5.41) is 14.9. The minimum Gasteiger partial charge on any atom is -0.258 e. The van der Waals surface area contributed by atoms with Gasteiger partial charge in [0.2, 0.25) is 0 Å². The molecule has 0 unspecified atom stereocenters. The van der Waals surface area contributed by atoms with Gasteiger partial charge >= 0.3 is 0 Å². The quantitative estimate of drug-likeness (QED) is 0.593. The van der Waals surface area contributed by atoms with Crippen molar-refractivity contribution >= 4 is 5.69 Å². The van der Waals surface area contributed by atoms with Crippen LogP contribution in [0, 0.1) is 29.8 Å². The number of halogens is 1. The number of aromatic nitrogens is 2. The summed E-state index contributed by atoms with van der Waals surface area (Å²) < 4.78 is 14.7. The largest absolute Gasteiger partial charge is 0.297 e. The highest BCUT2D eigenvalue weighted by Gasteiger charge is 2.18. The lowest BCUT2D eigenvalue weighted by molar-refractivity contribution is -0.384. The summed E-state index contributed by atoms with van der Waals surface area (Å²) in [6.45, 7) is 3.33. The molecule has 6 heteroatoms. The first-order valence-corrected chi connectivity index (χ1v) is 4.96. The zero-order chi connectivity index (χ0) is 12.6. The van der Waals surface area contributed by atoms with E-state index in [-0.39, 0.29) is 11.4 Å². The minimum absolute atomic E-state index is 0.266. The standard InChI is InChI=1S/C11H10FN3O2/c1-7-5-10(14-4-3-8(2)13-14)11(15(16)17)6-9(7)12/h3-6H,1-2H3. The summed E-state index contributed by atoms with van der Waals surface area (Å²) in [4.78, 5) is 10.2. The lowest BCUT2D eigenvalue weighted by Crippen LogP contribution is -2.03. The second-order valence-electron chi connectivity index (χ2n) is 3.75. The number of aryl methyl sites for hydroxylation is 2. The van der Waals surface area contributed by atoms with Gasteiger partial charge in [0.25, 0.3) is 5.69 Å². The minimum atomic E-state index is -0.616. The topological polar surface area (TPSA) is 61.0 Å². The van der Waals surface area contributed by atoms with Crippen LogP contribution in [0.4, 0.5) is 10.1 Å². The summed E-state index contributed by atoms with van der Waals surface area (Å²) in [5.41, 5.74) is 1.05. The fourth-order valence-corrected chi connectivity index (χ4v) is 1.53. The van der Waals surface area contributed by atoms with E-state index in [2.05, 4.69) is 5.10 Å². The molecule has 0 aliphatic carbocycles. The molecule has 0 radical (unpaired) electrons. The summed E-state index contributed by atoms with van der Waals surface area (Å²) in [6, 6.07) is 4.06. The fourth-order valence-electron chi connectivity index (χ4n) is 1.53. The first-order chi connectivity index (χ1) is 7.99. The van der Waals surface area contributed by atoms with Gasteiger partial charge in [0.15, 0.2) is 0 Å². The van der Waals surface area contributed by atoms with E-state index < -0.39 is 10.7 Å². The van der Waals surface area contributed by atoms with E-state index in [9.17, 15) is 14.5 Å². The SMILES string of the molecule is Cc1ccn(-c2cc(C)c(F)cc2[N+](=O)[O-])n1. The third-order valence-electron chi connectivity index (χ3n) is 2.42. The first kappa shape index (κ1) is 11.3. The molecule has 1 heterocycles. The Balaban J connectivity index is 2.67. The van der Waals surface area contributed by atoms with Gasteiger partial charge in [-0.3, -0.25) is 10.1 Å². The van der Waals surface area contributed by atoms with Crippen LogP contribution in [-0.4, -0.2) is 14.7 Å². The molecule has 1 aromatic heterocycles. The monoisotopic (exact) mass is 235 g/mol. The molecule has 1 aromatic carbocycles. The van der Waals surface area contributed by atoms with Gasteiger partial charge in [-0.05, 0) is 31.5 Å². The van der Waals surface area contributed by atoms with Gasteiger partial charge in [-0.15, -0.1) is 0 Å². The molecular formula is C11H10FN3O2. The molecule has 2 rings (SSSR count). The maximum atomic E-state index is 13.3. The molecule has 0 aliphatic rings. The molecule has 0 spiro atoms. The van der Waals surface area contributed by atoms with Gasteiger partial charge in [0.05, 0.1) is 16.7 Å². The Bertz CT molecular complexity index is 592. The third kappa shape index (κ3) is 2.01. The number of hydrogen-bond acceptors (Lipinski definition) is 3. The predicted molar refractivity (Wildman–Crippen MR) is 59.7 cm³/mol. The van der Waals surface area contributed by atoms with E-state index in [1.165, 1.54) is 10.7 Å². The normalized spacial score (nSPS) is 10.5. The number of nitro groups is 1. The molecule has 0 amide bonds. The maximum absolute atomic E-state index is 13.3. The van der Waals surface area contributed by atoms with Crippen molar-refractivity contribution in [2.24, 2.45) is 0 Å². The van der Waals surface area contributed by atoms with Crippen LogP contribution in [0.25, 0.3) is 5.69 Å². The van der Waals surface area contributed by atoms with Gasteiger partial charge in [-0.2, -0.15) is 5.10 Å². The second-order valence-corrected chi connectivity index (χ2v) is 3.75. The summed E-state index contributed by atoms with van der Waals surface area (Å²) in [6.07, 6.45) is 1.61. The van der Waals surface area contributed by atoms with Crippen molar-refractivity contribution in [3.63, 3.8) is 0 Å². The van der Waals surface area contributed by atoms with Crippen LogP contribution in [0.1, 0.15) is 11.3 Å². The molecular weight excluding hydrogens is 225 g/mol. The lowest BCUT2D eigenvalue weighted by Gasteiger charge is -2.05. The smallest absolute Gasteiger partial charge is 0.258 e. The van der Waals surface area contributed by atoms with Crippen LogP contribution in [0.5, 0.6) is 0 Å². The second kappa shape index (κ2) is 3.97. The number of nitrogens with zero attached hydrogens (tertiary/aromatic N) is 3. The van der Waals surface area contributed by atoms with Crippen LogP contribution >= 0.6 is 0 Å². The van der Waals surface area contributed by atoms with Crippen molar-refractivity contribution in [1.29, 1.82) is 0 Å². The molecule has 0 atom stereocenters. The molecule has 0 bridgehead atoms. The Morgan fingerprint density at radius 3 is 2.65 bits per heavy atom. The van der Waals surface area contributed by atoms with Gasteiger partial charge in [0, 0.05) is 6.20 Å². The maximum Gasteiger partial charge on any atom is 0.297 e. The van der Waals surface area contributed by atoms with Crippen molar-refractivity contribution < 1.29 is 9.31 Å². The Hall–Kier alpha value is -2.24. The number of benzene rings is 1. The van der Waals surface area contributed by atoms with E-state index in [1.807, 2.05) is 0 Å². The molecule has 17 heavy (non-hydrogen) atoms. The van der Waals surface area contributed by atoms with Crippen molar-refractivity contribution in [3.05, 3.63) is 51.6 Å². The Kier molecular flexibility index (Phi) is 2.63. The first-order valence-electron chi connectivity index (χ1n) is 4.96. The van der Waals surface area contributed by atoms with Crippen molar-refractivity contribution in [3.8, 4) is 5.69 Å². The highest BCUT2D eigenvalue weighted by atomic mass is 19.1. The average molecular weight is 235 g/mol. The van der Waals surface area contributed by atoms with Crippen LogP contribution in [-0.2, 0) is 0 Å². The molecule has 0 saturated carbocycles. The highest BCUT2D eigenvalue weighted by Crippen LogP contribution is 2.25. The highest BCUT2D eigenvalue weighted by molar-refractivity contribution is 5.54. The lowest BCUT2D eigenvalue weighted by atomic mass is 10.2. The van der Waals surface area contributed by atoms with E-state index in [0.717, 1.165) is 11.8 Å². The van der Waals surface area contributed by atoms with Gasteiger partial charge in [-0.1, -0.05) is 0 Å². The third-order valence-corrected chi connectivity index (χ3v) is 2.42. The number of rotatable bonds is 2. The van der Waals surface area contributed by atoms with E-state index in [4.69, 9.17) is 0 Å². The number of nitro benzene ring substituents is 1. The molecule has 0 fully saturated rings. The Labute approximate surface area is 96.6 Å². The van der Waals surface area contributed by atoms with Crippen molar-refractivity contribution in [2.75, 3.05) is 0 Å². The van der Waals surface area contributed by atoms with Crippen LogP contribution < -0.4 is 0 Å². The van der Waals surface area contributed by atoms with Gasteiger partial charge in [-0.25, -0.2) is 9.07 Å². The average Bonchev–Trinajstić information content (AvgIpc) is 2.68. The van der Waals surface area contributed by atoms with Crippen LogP contribution in [0.3, 0.4) is 0 Å². The fraction of sp³-hybridized carbons (Fsp3) is 0.182. The van der Waals surface area contributed by atoms with Gasteiger partial charge in [0.1, 0.15) is 11.5 Å². The van der Waals surface area contributed by atoms with Crippen molar-refractivity contribution in [2.45, 2.75) is 13.8 Å². The molecule has 0 saturated heterocycles. The molecule has 2 aromatic rings. The van der Waals surface area contributed by atoms with Gasteiger partial charge < -0.3 is 0 Å². The Morgan fingerprint density at radius 2 is 2.12 bits per heavy atom. The van der Waals surface area contributed by atoms with E-state index >= 15 is 0 Å². The zero-order valence-electron chi connectivity index (χ0n) is 9.35. The summed E-state index contributed by atoms with van der Waals surface area (Å²) >= 11 is 0. The summed E-state index contributed by atoms with van der Waals surface area (Å²) in [7, 11) is 0. The van der Waals surface area contributed by atoms with Crippen LogP contribution in [0.2, 0.25) is 0 Å². The van der Waals surface area contributed by atoms with E-state index in [1.54, 1.807) is 26.1 Å².